The molecule has 0 aromatic rings. The van der Waals surface area contributed by atoms with E-state index in [0.29, 0.717) is 0 Å². The van der Waals surface area contributed by atoms with E-state index in [1.165, 1.54) is 0 Å². The molecule has 0 aliphatic heterocycles. The predicted octanol–water partition coefficient (Wildman–Crippen LogP) is 7.21. The minimum Gasteiger partial charge on any atom is -0.229 e. The van der Waals surface area contributed by atoms with Gasteiger partial charge in [0.2, 0.25) is 0 Å². The largest absolute Gasteiger partial charge is 0.382 e. The molecule has 3 saturated carbocycles. The highest BCUT2D eigenvalue weighted by molar-refractivity contribution is 5.51. The molecule has 24 heteroatoms. The van der Waals surface area contributed by atoms with E-state index in [1.807, 2.05) is 0 Å². The van der Waals surface area contributed by atoms with Crippen molar-refractivity contribution in [2.24, 2.45) is 0 Å². The first-order valence-corrected chi connectivity index (χ1v) is 8.54. The average Bonchev–Trinajstić information content (AvgIpc) is 2.72. The second kappa shape index (κ2) is 6.14. The lowest BCUT2D eigenvalue weighted by atomic mass is 9.43. The maximum atomic E-state index is 15.3. The van der Waals surface area contributed by atoms with E-state index in [9.17, 15) is 96.6 Å². The van der Waals surface area contributed by atoms with Crippen LogP contribution in [0.2, 0.25) is 0 Å². The van der Waals surface area contributed by atoms with Crippen LogP contribution in [0.3, 0.4) is 0 Å². The van der Waals surface area contributed by atoms with Gasteiger partial charge < -0.3 is 0 Å². The smallest absolute Gasteiger partial charge is 0.229 e. The fourth-order valence-electron chi connectivity index (χ4n) is 4.69. The topological polar surface area (TPSA) is 0 Å². The first-order chi connectivity index (χ1) is 16.0. The van der Waals surface area contributed by atoms with E-state index in [4.69, 9.17) is 0 Å². The zero-order valence-electron chi connectivity index (χ0n) is 16.1. The minimum absolute atomic E-state index is 8.76. The Morgan fingerprint density at radius 2 is 0.237 bits per heavy atom. The molecule has 224 valence electrons. The van der Waals surface area contributed by atoms with Crippen LogP contribution >= 0.6 is 0 Å². The molecule has 38 heavy (non-hydrogen) atoms. The number of hydrogen-bond acceptors (Lipinski definition) is 0. The van der Waals surface area contributed by atoms with Gasteiger partial charge in [0.05, 0.1) is 0 Å². The van der Waals surface area contributed by atoms with E-state index >= 15 is 8.78 Å². The molecule has 0 unspecified atom stereocenters. The number of rotatable bonds is 0. The van der Waals surface area contributed by atoms with Crippen LogP contribution < -0.4 is 0 Å². The zero-order chi connectivity index (χ0) is 31.0. The maximum absolute atomic E-state index is 15.3. The van der Waals surface area contributed by atoms with Crippen LogP contribution in [0, 0.1) is 0 Å². The molecule has 0 spiro atoms. The van der Waals surface area contributed by atoms with E-state index in [-0.39, 0.29) is 0 Å². The molecule has 0 saturated heterocycles. The molecule has 3 rings (SSSR count). The fourth-order valence-corrected chi connectivity index (χ4v) is 4.69. The summed E-state index contributed by atoms with van der Waals surface area (Å²) in [7, 11) is 0. The monoisotopic (exact) mass is 624 g/mol. The van der Waals surface area contributed by atoms with Crippen LogP contribution in [-0.2, 0) is 0 Å². The first kappa shape index (κ1) is 30.9. The third-order valence-corrected chi connectivity index (χ3v) is 6.78. The Bertz CT molecular complexity index is 982. The molecule has 0 radical (unpaired) electrons. The third kappa shape index (κ3) is 1.88. The van der Waals surface area contributed by atoms with Gasteiger partial charge in [-0.3, -0.25) is 0 Å². The Morgan fingerprint density at radius 1 is 0.132 bits per heavy atom. The van der Waals surface area contributed by atoms with Gasteiger partial charge in [0, 0.05) is 0 Å². The number of fused-ring (bicyclic) bond motifs is 3. The SMILES string of the molecule is FC1(F)C(F)(F)C(F)(F)[C@@]2(F)[C@](F)(C1(F)F)C(F)(F)C(F)(F)[C@]1(F)C(F)(F)C(F)(F)C(F)(F)C(F)(F)[C@]12F. The van der Waals surface area contributed by atoms with Crippen molar-refractivity contribution in [2.45, 2.75) is 81.9 Å². The van der Waals surface area contributed by atoms with Crippen molar-refractivity contribution in [1.82, 2.24) is 0 Å². The molecule has 0 heterocycles. The Morgan fingerprint density at radius 3 is 0.395 bits per heavy atom. The summed E-state index contributed by atoms with van der Waals surface area (Å²) in [6, 6.07) is 0. The van der Waals surface area contributed by atoms with E-state index in [1.54, 1.807) is 0 Å². The van der Waals surface area contributed by atoms with Gasteiger partial charge in [-0.1, -0.05) is 0 Å². The van der Waals surface area contributed by atoms with Crippen LogP contribution in [0.5, 0.6) is 0 Å². The number of hydrogen-bond donors (Lipinski definition) is 0. The van der Waals surface area contributed by atoms with E-state index in [2.05, 4.69) is 0 Å². The lowest BCUT2D eigenvalue weighted by Gasteiger charge is -2.70. The minimum atomic E-state index is -9.77. The molecule has 3 fully saturated rings. The van der Waals surface area contributed by atoms with Crippen LogP contribution in [0.25, 0.3) is 0 Å². The molecule has 4 atom stereocenters. The molecular formula is C14F24. The molecule has 0 bridgehead atoms. The quantitative estimate of drug-likeness (QED) is 0.250. The molecule has 0 amide bonds. The second-order valence-corrected chi connectivity index (χ2v) is 8.38. The lowest BCUT2D eigenvalue weighted by Crippen LogP contribution is -3.06. The van der Waals surface area contributed by atoms with Crippen molar-refractivity contribution in [3.8, 4) is 0 Å². The fraction of sp³-hybridized carbons (Fsp3) is 1.00. The zero-order valence-corrected chi connectivity index (χ0v) is 16.1. The summed E-state index contributed by atoms with van der Waals surface area (Å²) in [5, 5.41) is 0. The van der Waals surface area contributed by atoms with Gasteiger partial charge >= 0.3 is 59.2 Å². The Balaban J connectivity index is 2.86. The highest BCUT2D eigenvalue weighted by Gasteiger charge is 3.21. The lowest BCUT2D eigenvalue weighted by molar-refractivity contribution is -0.587. The van der Waals surface area contributed by atoms with Gasteiger partial charge in [-0.05, 0) is 0 Å². The van der Waals surface area contributed by atoms with Crippen LogP contribution in [0.1, 0.15) is 0 Å². The van der Waals surface area contributed by atoms with Crippen molar-refractivity contribution < 1.29 is 105 Å². The highest BCUT2D eigenvalue weighted by atomic mass is 19.4. The van der Waals surface area contributed by atoms with Gasteiger partial charge in [-0.2, -0.15) is 87.8 Å². The van der Waals surface area contributed by atoms with Crippen molar-refractivity contribution in [3.63, 3.8) is 0 Å². The summed E-state index contributed by atoms with van der Waals surface area (Å²) in [6.07, 6.45) is 0. The summed E-state index contributed by atoms with van der Waals surface area (Å²) in [4.78, 5) is 0. The van der Waals surface area contributed by atoms with Crippen molar-refractivity contribution in [3.05, 3.63) is 0 Å². The Hall–Kier alpha value is -1.68. The second-order valence-electron chi connectivity index (χ2n) is 8.38. The molecule has 0 N–H and O–H groups in total. The average molecular weight is 624 g/mol. The van der Waals surface area contributed by atoms with Gasteiger partial charge in [-0.15, -0.1) is 0 Å². The standard InChI is InChI=1S/C14F24/c15-1-2(16)4(18,10(29,30)14(37,38)12(33,34)6(2,21)22)8(25,26)7(23,24)3(1,17)9(27,28)13(35,36)11(31,32)5(1,19)20/t1-,2+,3+,4-. The summed E-state index contributed by atoms with van der Waals surface area (Å²) in [6.45, 7) is 0. The number of halogens is 24. The molecule has 3 aliphatic carbocycles. The van der Waals surface area contributed by atoms with E-state index in [0.717, 1.165) is 0 Å². The van der Waals surface area contributed by atoms with Gasteiger partial charge in [0.25, 0.3) is 22.7 Å². The summed E-state index contributed by atoms with van der Waals surface area (Å²) < 4.78 is 339. The predicted molar refractivity (Wildman–Crippen MR) is 64.8 cm³/mol. The van der Waals surface area contributed by atoms with Crippen molar-refractivity contribution in [2.75, 3.05) is 0 Å². The van der Waals surface area contributed by atoms with Crippen LogP contribution in [-0.4, -0.2) is 81.9 Å². The maximum Gasteiger partial charge on any atom is 0.382 e. The van der Waals surface area contributed by atoms with Crippen molar-refractivity contribution >= 4 is 0 Å². The van der Waals surface area contributed by atoms with Gasteiger partial charge in [-0.25, -0.2) is 17.6 Å². The normalized spacial score (nSPS) is 47.4. The van der Waals surface area contributed by atoms with Crippen molar-refractivity contribution in [1.29, 1.82) is 0 Å². The van der Waals surface area contributed by atoms with E-state index < -0.39 is 81.9 Å². The summed E-state index contributed by atoms with van der Waals surface area (Å²) in [5.41, 5.74) is -38.6. The molecule has 0 aromatic carbocycles. The molecule has 0 nitrogen and oxygen atoms in total. The third-order valence-electron chi connectivity index (χ3n) is 6.78. The Kier molecular flexibility index (Phi) is 4.98. The molecule has 0 aromatic heterocycles. The molecular weight excluding hydrogens is 624 g/mol. The summed E-state index contributed by atoms with van der Waals surface area (Å²) in [5.74, 6) is -91.1. The van der Waals surface area contributed by atoms with Gasteiger partial charge in [0.15, 0.2) is 0 Å². The summed E-state index contributed by atoms with van der Waals surface area (Å²) >= 11 is 0. The molecule has 3 aliphatic rings. The van der Waals surface area contributed by atoms with Crippen LogP contribution in [0.15, 0.2) is 0 Å². The Labute approximate surface area is 188 Å². The number of alkyl halides is 24. The van der Waals surface area contributed by atoms with Gasteiger partial charge in [0.1, 0.15) is 0 Å². The van der Waals surface area contributed by atoms with Crippen LogP contribution in [0.4, 0.5) is 105 Å². The first-order valence-electron chi connectivity index (χ1n) is 8.54. The highest BCUT2D eigenvalue weighted by Crippen LogP contribution is 2.87.